The average molecular weight is 431 g/mol. The largest absolute Gasteiger partial charge is 0.355 e. The fourth-order valence-corrected chi connectivity index (χ4v) is 4.56. The van der Waals surface area contributed by atoms with Gasteiger partial charge in [-0.25, -0.2) is 4.98 Å². The van der Waals surface area contributed by atoms with Gasteiger partial charge in [0.25, 0.3) is 0 Å². The molecule has 2 aromatic heterocycles. The molecule has 160 valence electrons. The van der Waals surface area contributed by atoms with Gasteiger partial charge in [-0.05, 0) is 38.4 Å². The molecule has 30 heavy (non-hydrogen) atoms. The van der Waals surface area contributed by atoms with Gasteiger partial charge in [-0.3, -0.25) is 9.39 Å². The molecular formula is C22H28ClFN6. The topological polar surface area (TPSA) is 48.2 Å². The molecule has 0 aliphatic carbocycles. The molecular weight excluding hydrogens is 403 g/mol. The molecule has 2 unspecified atom stereocenters. The van der Waals surface area contributed by atoms with Crippen molar-refractivity contribution in [2.24, 2.45) is 4.99 Å². The summed E-state index contributed by atoms with van der Waals surface area (Å²) >= 11 is 6.15. The third-order valence-electron chi connectivity index (χ3n) is 5.98. The zero-order valence-electron chi connectivity index (χ0n) is 17.3. The molecule has 2 aromatic rings. The van der Waals surface area contributed by atoms with Crippen molar-refractivity contribution >= 4 is 28.8 Å². The minimum absolute atomic E-state index is 0.104. The first-order valence-corrected chi connectivity index (χ1v) is 10.8. The molecule has 2 atom stereocenters. The zero-order chi connectivity index (χ0) is 21.3. The Morgan fingerprint density at radius 3 is 2.77 bits per heavy atom. The van der Waals surface area contributed by atoms with Crippen LogP contribution in [0.1, 0.15) is 31.0 Å². The molecule has 6 nitrogen and oxygen atoms in total. The Hall–Kier alpha value is -2.22. The van der Waals surface area contributed by atoms with Gasteiger partial charge < -0.3 is 15.1 Å². The maximum atomic E-state index is 15.7. The standard InChI is InChI=1S/C22H28ClFN6/c1-4-25-20(15(2)23)16-7-5-8-17(26-16)21-22(24)30-18(27-21)9-6-10-19(30)29-13-11-28(3)12-14-29/h4,6,9-10,16-17,26H,1-2,5,7-8,11-14H2,3H3. The predicted octanol–water partition coefficient (Wildman–Crippen LogP) is 3.75. The van der Waals surface area contributed by atoms with Gasteiger partial charge in [-0.15, -0.1) is 0 Å². The Morgan fingerprint density at radius 2 is 2.07 bits per heavy atom. The first-order chi connectivity index (χ1) is 14.5. The molecule has 0 saturated carbocycles. The minimum atomic E-state index is -0.301. The molecule has 1 N–H and O–H groups in total. The van der Waals surface area contributed by atoms with Gasteiger partial charge in [0.15, 0.2) is 0 Å². The summed E-state index contributed by atoms with van der Waals surface area (Å²) in [6.45, 7) is 11.1. The van der Waals surface area contributed by atoms with Crippen molar-refractivity contribution in [1.82, 2.24) is 19.6 Å². The van der Waals surface area contributed by atoms with Crippen LogP contribution in [0.5, 0.6) is 0 Å². The van der Waals surface area contributed by atoms with Crippen LogP contribution in [0.3, 0.4) is 0 Å². The van der Waals surface area contributed by atoms with E-state index in [9.17, 15) is 0 Å². The molecule has 2 aliphatic heterocycles. The maximum absolute atomic E-state index is 15.7. The van der Waals surface area contributed by atoms with Crippen LogP contribution in [-0.4, -0.2) is 59.3 Å². The second-order valence-electron chi connectivity index (χ2n) is 7.96. The van der Waals surface area contributed by atoms with E-state index in [1.807, 2.05) is 18.2 Å². The van der Waals surface area contributed by atoms with Gasteiger partial charge in [0.05, 0.1) is 22.8 Å². The van der Waals surface area contributed by atoms with Crippen LogP contribution in [0.25, 0.3) is 5.65 Å². The van der Waals surface area contributed by atoms with Gasteiger partial charge in [-0.1, -0.05) is 30.8 Å². The van der Waals surface area contributed by atoms with Crippen LogP contribution in [0.4, 0.5) is 10.2 Å². The third kappa shape index (κ3) is 4.02. The van der Waals surface area contributed by atoms with Crippen molar-refractivity contribution in [3.05, 3.63) is 54.2 Å². The first-order valence-electron chi connectivity index (χ1n) is 10.4. The summed E-state index contributed by atoms with van der Waals surface area (Å²) in [7, 11) is 2.11. The maximum Gasteiger partial charge on any atom is 0.224 e. The van der Waals surface area contributed by atoms with Crippen LogP contribution in [-0.2, 0) is 0 Å². The normalized spacial score (nSPS) is 23.7. The second-order valence-corrected chi connectivity index (χ2v) is 8.42. The summed E-state index contributed by atoms with van der Waals surface area (Å²) in [5, 5.41) is 3.86. The van der Waals surface area contributed by atoms with E-state index < -0.39 is 0 Å². The highest BCUT2D eigenvalue weighted by molar-refractivity contribution is 6.44. The molecule has 4 rings (SSSR count). The molecule has 2 aliphatic rings. The predicted molar refractivity (Wildman–Crippen MR) is 121 cm³/mol. The SMILES string of the molecule is C=CN=C(C(=C)Cl)C1CCCC(c2nc3cccc(N4CCN(C)CC4)n3c2F)N1. The number of halogens is 2. The molecule has 0 spiro atoms. The zero-order valence-corrected chi connectivity index (χ0v) is 18.1. The summed E-state index contributed by atoms with van der Waals surface area (Å²) in [4.78, 5) is 13.5. The average Bonchev–Trinajstić information content (AvgIpc) is 3.09. The number of nitrogens with one attached hydrogen (secondary N) is 1. The monoisotopic (exact) mass is 430 g/mol. The van der Waals surface area contributed by atoms with E-state index in [2.05, 4.69) is 45.3 Å². The Kier molecular flexibility index (Phi) is 6.22. The van der Waals surface area contributed by atoms with Crippen LogP contribution in [0, 0.1) is 5.95 Å². The number of likely N-dealkylation sites (N-methyl/N-ethyl adjacent to an activating group) is 1. The number of fused-ring (bicyclic) bond motifs is 1. The summed E-state index contributed by atoms with van der Waals surface area (Å²) in [6.07, 6.45) is 4.04. The Bertz CT molecular complexity index is 975. The number of hydrogen-bond acceptors (Lipinski definition) is 5. The van der Waals surface area contributed by atoms with E-state index >= 15 is 4.39 Å². The van der Waals surface area contributed by atoms with Crippen LogP contribution < -0.4 is 10.2 Å². The van der Waals surface area contributed by atoms with Crippen molar-refractivity contribution in [3.8, 4) is 0 Å². The molecule has 2 saturated heterocycles. The van der Waals surface area contributed by atoms with E-state index in [-0.39, 0.29) is 18.0 Å². The molecule has 0 amide bonds. The number of piperidine rings is 1. The van der Waals surface area contributed by atoms with Crippen LogP contribution >= 0.6 is 11.6 Å². The van der Waals surface area contributed by atoms with E-state index in [0.717, 1.165) is 51.3 Å². The highest BCUT2D eigenvalue weighted by atomic mass is 35.5. The highest BCUT2D eigenvalue weighted by Crippen LogP contribution is 2.31. The number of hydrogen-bond donors (Lipinski definition) is 1. The number of aliphatic imine (C=N–C) groups is 1. The first kappa shape index (κ1) is 21.0. The number of piperazine rings is 1. The summed E-state index contributed by atoms with van der Waals surface area (Å²) in [5.41, 5.74) is 1.72. The fourth-order valence-electron chi connectivity index (χ4n) is 4.38. The lowest BCUT2D eigenvalue weighted by Crippen LogP contribution is -2.45. The second kappa shape index (κ2) is 8.88. The molecule has 0 bridgehead atoms. The van der Waals surface area contributed by atoms with Gasteiger partial charge >= 0.3 is 0 Å². The van der Waals surface area contributed by atoms with Gasteiger partial charge in [0, 0.05) is 32.4 Å². The number of aromatic nitrogens is 2. The van der Waals surface area contributed by atoms with E-state index in [0.29, 0.717) is 22.1 Å². The Labute approximate surface area is 181 Å². The third-order valence-corrected chi connectivity index (χ3v) is 6.17. The molecule has 2 fully saturated rings. The summed E-state index contributed by atoms with van der Waals surface area (Å²) < 4.78 is 17.3. The minimum Gasteiger partial charge on any atom is -0.355 e. The fraction of sp³-hybridized carbons (Fsp3) is 0.455. The van der Waals surface area contributed by atoms with Crippen molar-refractivity contribution in [2.75, 3.05) is 38.1 Å². The molecule has 0 aromatic carbocycles. The van der Waals surface area contributed by atoms with E-state index in [1.54, 1.807) is 4.40 Å². The lowest BCUT2D eigenvalue weighted by atomic mass is 9.93. The summed E-state index contributed by atoms with van der Waals surface area (Å²) in [6, 6.07) is 5.46. The van der Waals surface area contributed by atoms with Crippen LogP contribution in [0.2, 0.25) is 0 Å². The molecule has 0 radical (unpaired) electrons. The van der Waals surface area contributed by atoms with E-state index in [1.165, 1.54) is 6.20 Å². The lowest BCUT2D eigenvalue weighted by Gasteiger charge is -2.34. The number of imidazole rings is 1. The molecule has 8 heteroatoms. The number of pyridine rings is 1. The molecule has 4 heterocycles. The van der Waals surface area contributed by atoms with Gasteiger partial charge in [-0.2, -0.15) is 4.39 Å². The summed E-state index contributed by atoms with van der Waals surface area (Å²) in [5.74, 6) is 0.553. The van der Waals surface area contributed by atoms with Crippen molar-refractivity contribution in [3.63, 3.8) is 0 Å². The van der Waals surface area contributed by atoms with E-state index in [4.69, 9.17) is 11.6 Å². The number of rotatable bonds is 5. The number of anilines is 1. The van der Waals surface area contributed by atoms with Crippen LogP contribution in [0.15, 0.2) is 47.6 Å². The van der Waals surface area contributed by atoms with Crippen molar-refractivity contribution in [1.29, 1.82) is 0 Å². The lowest BCUT2D eigenvalue weighted by molar-refractivity contribution is 0.311. The Morgan fingerprint density at radius 1 is 1.30 bits per heavy atom. The Balaban J connectivity index is 1.66. The van der Waals surface area contributed by atoms with Crippen molar-refractivity contribution in [2.45, 2.75) is 31.3 Å². The van der Waals surface area contributed by atoms with Gasteiger partial charge in [0.2, 0.25) is 5.95 Å². The highest BCUT2D eigenvalue weighted by Gasteiger charge is 2.31. The smallest absolute Gasteiger partial charge is 0.224 e. The quantitative estimate of drug-likeness (QED) is 0.734. The number of nitrogens with zero attached hydrogens (tertiary/aromatic N) is 5. The van der Waals surface area contributed by atoms with Gasteiger partial charge in [0.1, 0.15) is 17.2 Å². The van der Waals surface area contributed by atoms with Crippen molar-refractivity contribution < 1.29 is 4.39 Å².